The molecule has 2 aromatic rings. The molecule has 1 aromatic heterocycles. The highest BCUT2D eigenvalue weighted by Gasteiger charge is 2.22. The van der Waals surface area contributed by atoms with E-state index in [1.54, 1.807) is 0 Å². The molecule has 0 amide bonds. The Kier molecular flexibility index (Phi) is 3.97. The predicted octanol–water partition coefficient (Wildman–Crippen LogP) is 2.74. The van der Waals surface area contributed by atoms with Gasteiger partial charge in [-0.3, -0.25) is 0 Å². The summed E-state index contributed by atoms with van der Waals surface area (Å²) in [6.07, 6.45) is 2.43. The Hall–Kier alpha value is -1.81. The predicted molar refractivity (Wildman–Crippen MR) is 89.7 cm³/mol. The van der Waals surface area contributed by atoms with Crippen LogP contribution in [-0.4, -0.2) is 42.6 Å². The lowest BCUT2D eigenvalue weighted by Gasteiger charge is -2.36. The number of rotatable bonds is 3. The molecule has 0 radical (unpaired) electrons. The van der Waals surface area contributed by atoms with E-state index in [-0.39, 0.29) is 0 Å². The van der Waals surface area contributed by atoms with Crippen molar-refractivity contribution in [1.29, 1.82) is 0 Å². The van der Waals surface area contributed by atoms with E-state index in [1.807, 2.05) is 18.2 Å². The molecule has 112 valence electrons. The normalized spacial score (nSPS) is 17.2. The first kappa shape index (κ1) is 14.1. The summed E-state index contributed by atoms with van der Waals surface area (Å²) in [6.45, 7) is 5.78. The number of aromatic nitrogens is 1. The van der Waals surface area contributed by atoms with Gasteiger partial charge in [0, 0.05) is 37.3 Å². The lowest BCUT2D eigenvalue weighted by Crippen LogP contribution is -2.43. The topological polar surface area (TPSA) is 45.4 Å². The fourth-order valence-corrected chi connectivity index (χ4v) is 3.14. The monoisotopic (exact) mass is 284 g/mol. The van der Waals surface area contributed by atoms with Crippen LogP contribution in [0.5, 0.6) is 0 Å². The molecule has 0 spiro atoms. The van der Waals surface area contributed by atoms with Gasteiger partial charge in [-0.1, -0.05) is 6.92 Å². The van der Waals surface area contributed by atoms with Crippen LogP contribution in [0.4, 0.5) is 11.5 Å². The van der Waals surface area contributed by atoms with Crippen molar-refractivity contribution in [2.24, 2.45) is 0 Å². The van der Waals surface area contributed by atoms with Gasteiger partial charge < -0.3 is 15.5 Å². The Morgan fingerprint density at radius 1 is 1.24 bits per heavy atom. The number of likely N-dealkylation sites (tertiary alicyclic amines) is 1. The van der Waals surface area contributed by atoms with Gasteiger partial charge in [-0.15, -0.1) is 0 Å². The van der Waals surface area contributed by atoms with Gasteiger partial charge in [-0.2, -0.15) is 0 Å². The Morgan fingerprint density at radius 3 is 2.71 bits per heavy atom. The fraction of sp³-hybridized carbons (Fsp3) is 0.471. The molecule has 0 atom stereocenters. The van der Waals surface area contributed by atoms with E-state index < -0.39 is 0 Å². The van der Waals surface area contributed by atoms with Gasteiger partial charge in [0.1, 0.15) is 5.82 Å². The van der Waals surface area contributed by atoms with Crippen LogP contribution in [0.25, 0.3) is 10.9 Å². The molecule has 0 bridgehead atoms. The van der Waals surface area contributed by atoms with Crippen molar-refractivity contribution in [2.75, 3.05) is 37.3 Å². The Balaban J connectivity index is 1.78. The van der Waals surface area contributed by atoms with E-state index >= 15 is 0 Å². The van der Waals surface area contributed by atoms with Crippen LogP contribution in [0.15, 0.2) is 30.3 Å². The third kappa shape index (κ3) is 2.95. The molecular weight excluding hydrogens is 260 g/mol. The van der Waals surface area contributed by atoms with E-state index in [0.29, 0.717) is 6.04 Å². The number of benzene rings is 1. The summed E-state index contributed by atoms with van der Waals surface area (Å²) in [5, 5.41) is 1.10. The number of piperidine rings is 1. The van der Waals surface area contributed by atoms with Crippen LogP contribution in [0.3, 0.4) is 0 Å². The largest absolute Gasteiger partial charge is 0.399 e. The lowest BCUT2D eigenvalue weighted by atomic mass is 10.0. The van der Waals surface area contributed by atoms with Gasteiger partial charge in [0.05, 0.1) is 5.52 Å². The van der Waals surface area contributed by atoms with E-state index in [9.17, 15) is 0 Å². The van der Waals surface area contributed by atoms with Crippen molar-refractivity contribution in [2.45, 2.75) is 25.8 Å². The highest BCUT2D eigenvalue weighted by molar-refractivity contribution is 5.83. The minimum absolute atomic E-state index is 0.589. The number of nitrogens with two attached hydrogens (primary N) is 1. The van der Waals surface area contributed by atoms with Crippen LogP contribution in [0.2, 0.25) is 0 Å². The number of pyridine rings is 1. The van der Waals surface area contributed by atoms with Gasteiger partial charge >= 0.3 is 0 Å². The molecule has 4 nitrogen and oxygen atoms in total. The fourth-order valence-electron chi connectivity index (χ4n) is 3.14. The molecule has 2 N–H and O–H groups in total. The molecule has 0 saturated carbocycles. The summed E-state index contributed by atoms with van der Waals surface area (Å²) < 4.78 is 0. The van der Waals surface area contributed by atoms with Crippen molar-refractivity contribution in [3.8, 4) is 0 Å². The third-order valence-electron chi connectivity index (χ3n) is 4.61. The SMILES string of the molecule is CCN1CCC(N(C)c2ccc3cc(N)ccc3n2)CC1. The first-order valence-corrected chi connectivity index (χ1v) is 7.79. The van der Waals surface area contributed by atoms with Gasteiger partial charge in [-0.25, -0.2) is 4.98 Å². The number of anilines is 2. The molecule has 1 saturated heterocycles. The maximum absolute atomic E-state index is 5.82. The zero-order valence-corrected chi connectivity index (χ0v) is 12.9. The molecule has 1 aliphatic heterocycles. The second kappa shape index (κ2) is 5.90. The number of fused-ring (bicyclic) bond motifs is 1. The van der Waals surface area contributed by atoms with Crippen LogP contribution < -0.4 is 10.6 Å². The molecule has 1 aliphatic rings. The molecule has 4 heteroatoms. The summed E-state index contributed by atoms with van der Waals surface area (Å²) in [6, 6.07) is 10.7. The highest BCUT2D eigenvalue weighted by Crippen LogP contribution is 2.24. The second-order valence-corrected chi connectivity index (χ2v) is 5.90. The van der Waals surface area contributed by atoms with Crippen LogP contribution in [0.1, 0.15) is 19.8 Å². The smallest absolute Gasteiger partial charge is 0.129 e. The van der Waals surface area contributed by atoms with Crippen LogP contribution in [0, 0.1) is 0 Å². The molecule has 2 heterocycles. The average Bonchev–Trinajstić information content (AvgIpc) is 2.53. The van der Waals surface area contributed by atoms with Crippen molar-refractivity contribution in [3.63, 3.8) is 0 Å². The molecule has 0 unspecified atom stereocenters. The first-order chi connectivity index (χ1) is 10.2. The van der Waals surface area contributed by atoms with Crippen molar-refractivity contribution in [1.82, 2.24) is 9.88 Å². The van der Waals surface area contributed by atoms with Gasteiger partial charge in [0.2, 0.25) is 0 Å². The number of nitrogens with zero attached hydrogens (tertiary/aromatic N) is 3. The van der Waals surface area contributed by atoms with E-state index in [0.717, 1.165) is 29.0 Å². The maximum Gasteiger partial charge on any atom is 0.129 e. The zero-order chi connectivity index (χ0) is 14.8. The van der Waals surface area contributed by atoms with E-state index in [1.165, 1.54) is 25.9 Å². The molecule has 1 aromatic carbocycles. The highest BCUT2D eigenvalue weighted by atomic mass is 15.2. The molecule has 21 heavy (non-hydrogen) atoms. The Morgan fingerprint density at radius 2 is 2.00 bits per heavy atom. The standard InChI is InChI=1S/C17H24N4/c1-3-21-10-8-15(9-11-21)20(2)17-7-4-13-12-14(18)5-6-16(13)19-17/h4-7,12,15H,3,8-11,18H2,1-2H3. The zero-order valence-electron chi connectivity index (χ0n) is 12.9. The second-order valence-electron chi connectivity index (χ2n) is 5.90. The van der Waals surface area contributed by atoms with Crippen LogP contribution >= 0.6 is 0 Å². The third-order valence-corrected chi connectivity index (χ3v) is 4.61. The summed E-state index contributed by atoms with van der Waals surface area (Å²) in [5.41, 5.74) is 7.62. The summed E-state index contributed by atoms with van der Waals surface area (Å²) in [4.78, 5) is 9.64. The molecular formula is C17H24N4. The molecule has 0 aliphatic carbocycles. The van der Waals surface area contributed by atoms with Gasteiger partial charge in [0.25, 0.3) is 0 Å². The quantitative estimate of drug-likeness (QED) is 0.880. The number of hydrogen-bond donors (Lipinski definition) is 1. The minimum Gasteiger partial charge on any atom is -0.399 e. The van der Waals surface area contributed by atoms with Crippen molar-refractivity contribution < 1.29 is 0 Å². The number of nitrogen functional groups attached to an aromatic ring is 1. The molecule has 1 fully saturated rings. The van der Waals surface area contributed by atoms with Crippen LogP contribution in [-0.2, 0) is 0 Å². The number of hydrogen-bond acceptors (Lipinski definition) is 4. The summed E-state index contributed by atoms with van der Waals surface area (Å²) in [7, 11) is 2.16. The van der Waals surface area contributed by atoms with E-state index in [4.69, 9.17) is 10.7 Å². The maximum atomic E-state index is 5.82. The van der Waals surface area contributed by atoms with E-state index in [2.05, 4.69) is 35.9 Å². The lowest BCUT2D eigenvalue weighted by molar-refractivity contribution is 0.220. The van der Waals surface area contributed by atoms with Crippen molar-refractivity contribution >= 4 is 22.4 Å². The first-order valence-electron chi connectivity index (χ1n) is 7.79. The average molecular weight is 284 g/mol. The summed E-state index contributed by atoms with van der Waals surface area (Å²) >= 11 is 0. The van der Waals surface area contributed by atoms with Crippen molar-refractivity contribution in [3.05, 3.63) is 30.3 Å². The van der Waals surface area contributed by atoms with Gasteiger partial charge in [-0.05, 0) is 49.7 Å². The summed E-state index contributed by atoms with van der Waals surface area (Å²) in [5.74, 6) is 1.06. The molecule has 3 rings (SSSR count). The van der Waals surface area contributed by atoms with Gasteiger partial charge in [0.15, 0.2) is 0 Å². The minimum atomic E-state index is 0.589. The Labute approximate surface area is 126 Å². The Bertz CT molecular complexity index is 617.